The Kier molecular flexibility index (Phi) is 5.29. The van der Waals surface area contributed by atoms with E-state index in [9.17, 15) is 23.1 Å². The SMILES string of the molecule is COc1ccc(C2CC(C(=O)O)N=C3C(Cl)=CC(C(F)(F)F)=CN32)cc1OC. The quantitative estimate of drug-likeness (QED) is 0.806. The smallest absolute Gasteiger partial charge is 0.417 e. The topological polar surface area (TPSA) is 71.4 Å². The van der Waals surface area contributed by atoms with Crippen LogP contribution < -0.4 is 9.47 Å². The van der Waals surface area contributed by atoms with Crippen LogP contribution in [0.5, 0.6) is 11.5 Å². The summed E-state index contributed by atoms with van der Waals surface area (Å²) in [4.78, 5) is 16.8. The Morgan fingerprint density at radius 3 is 2.54 bits per heavy atom. The molecular formula is C18H16ClF3N2O4. The van der Waals surface area contributed by atoms with Gasteiger partial charge in [0.05, 0.1) is 30.9 Å². The highest BCUT2D eigenvalue weighted by atomic mass is 35.5. The number of aliphatic imine (C=N–C) groups is 1. The molecule has 1 N–H and O–H groups in total. The van der Waals surface area contributed by atoms with Crippen molar-refractivity contribution >= 4 is 23.4 Å². The lowest BCUT2D eigenvalue weighted by atomic mass is 9.94. The number of fused-ring (bicyclic) bond motifs is 1. The second-order valence-corrected chi connectivity index (χ2v) is 6.56. The Bertz CT molecular complexity index is 895. The van der Waals surface area contributed by atoms with Crippen molar-refractivity contribution in [2.75, 3.05) is 14.2 Å². The van der Waals surface area contributed by atoms with Crippen LogP contribution in [0.4, 0.5) is 13.2 Å². The summed E-state index contributed by atoms with van der Waals surface area (Å²) in [5, 5.41) is 9.14. The molecule has 2 heterocycles. The summed E-state index contributed by atoms with van der Waals surface area (Å²) < 4.78 is 50.2. The Morgan fingerprint density at radius 1 is 1.29 bits per heavy atom. The van der Waals surface area contributed by atoms with Gasteiger partial charge in [-0.3, -0.25) is 4.99 Å². The van der Waals surface area contributed by atoms with E-state index in [0.29, 0.717) is 17.1 Å². The maximum atomic E-state index is 13.3. The number of carboxylic acid groups (broad SMARTS) is 1. The van der Waals surface area contributed by atoms with Crippen LogP contribution in [-0.2, 0) is 4.79 Å². The van der Waals surface area contributed by atoms with Crippen molar-refractivity contribution in [3.05, 3.63) is 46.6 Å². The van der Waals surface area contributed by atoms with E-state index in [2.05, 4.69) is 4.99 Å². The molecule has 2 aliphatic rings. The Morgan fingerprint density at radius 2 is 1.96 bits per heavy atom. The third-order valence-corrected chi connectivity index (χ3v) is 4.76. The van der Waals surface area contributed by atoms with Crippen molar-refractivity contribution in [3.8, 4) is 11.5 Å². The van der Waals surface area contributed by atoms with Gasteiger partial charge in [0.15, 0.2) is 17.5 Å². The second kappa shape index (κ2) is 7.38. The van der Waals surface area contributed by atoms with Gasteiger partial charge in [0, 0.05) is 12.6 Å². The average molecular weight is 417 g/mol. The van der Waals surface area contributed by atoms with Gasteiger partial charge in [-0.1, -0.05) is 17.7 Å². The minimum Gasteiger partial charge on any atom is -0.493 e. The number of carboxylic acids is 1. The predicted octanol–water partition coefficient (Wildman–Crippen LogP) is 3.88. The maximum Gasteiger partial charge on any atom is 0.417 e. The fourth-order valence-corrected chi connectivity index (χ4v) is 3.40. The summed E-state index contributed by atoms with van der Waals surface area (Å²) in [5.74, 6) is -0.399. The minimum absolute atomic E-state index is 0.0203. The van der Waals surface area contributed by atoms with E-state index in [1.54, 1.807) is 18.2 Å². The molecule has 2 aliphatic heterocycles. The molecular weight excluding hydrogens is 401 g/mol. The zero-order chi connectivity index (χ0) is 20.6. The van der Waals surface area contributed by atoms with Crippen molar-refractivity contribution < 1.29 is 32.5 Å². The number of alkyl halides is 3. The first-order valence-corrected chi connectivity index (χ1v) is 8.51. The largest absolute Gasteiger partial charge is 0.493 e. The summed E-state index contributed by atoms with van der Waals surface area (Å²) in [5.41, 5.74) is -0.406. The van der Waals surface area contributed by atoms with Crippen molar-refractivity contribution in [3.63, 3.8) is 0 Å². The second-order valence-electron chi connectivity index (χ2n) is 6.15. The zero-order valence-corrected chi connectivity index (χ0v) is 15.6. The first-order chi connectivity index (χ1) is 13.2. The molecule has 0 saturated carbocycles. The summed E-state index contributed by atoms with van der Waals surface area (Å²) in [6.07, 6.45) is -3.02. The lowest BCUT2D eigenvalue weighted by molar-refractivity contribution is -0.139. The minimum atomic E-state index is -4.61. The average Bonchev–Trinajstić information content (AvgIpc) is 2.65. The van der Waals surface area contributed by atoms with E-state index < -0.39 is 29.8 Å². The zero-order valence-electron chi connectivity index (χ0n) is 14.8. The van der Waals surface area contributed by atoms with Gasteiger partial charge < -0.3 is 19.5 Å². The number of methoxy groups -OCH3 is 2. The van der Waals surface area contributed by atoms with E-state index in [1.165, 1.54) is 19.1 Å². The number of ether oxygens (including phenoxy) is 2. The molecule has 1 aromatic carbocycles. The molecule has 150 valence electrons. The molecule has 0 spiro atoms. The Balaban J connectivity index is 2.12. The van der Waals surface area contributed by atoms with Crippen LogP contribution in [0.25, 0.3) is 0 Å². The van der Waals surface area contributed by atoms with Gasteiger partial charge in [0.2, 0.25) is 0 Å². The molecule has 28 heavy (non-hydrogen) atoms. The van der Waals surface area contributed by atoms with Gasteiger partial charge in [-0.15, -0.1) is 0 Å². The summed E-state index contributed by atoms with van der Waals surface area (Å²) in [6, 6.07) is 2.95. The van der Waals surface area contributed by atoms with Crippen molar-refractivity contribution in [2.24, 2.45) is 4.99 Å². The molecule has 2 unspecified atom stereocenters. The Labute approximate surface area is 163 Å². The van der Waals surface area contributed by atoms with Crippen LogP contribution in [0.3, 0.4) is 0 Å². The van der Waals surface area contributed by atoms with Crippen molar-refractivity contribution in [1.82, 2.24) is 4.90 Å². The van der Waals surface area contributed by atoms with Crippen LogP contribution in [0.2, 0.25) is 0 Å². The fourth-order valence-electron chi connectivity index (χ4n) is 3.13. The van der Waals surface area contributed by atoms with E-state index >= 15 is 0 Å². The first-order valence-electron chi connectivity index (χ1n) is 8.13. The number of rotatable bonds is 4. The van der Waals surface area contributed by atoms with E-state index in [1.807, 2.05) is 0 Å². The predicted molar refractivity (Wildman–Crippen MR) is 95.7 cm³/mol. The summed E-state index contributed by atoms with van der Waals surface area (Å²) >= 11 is 6.03. The van der Waals surface area contributed by atoms with Crippen LogP contribution in [0, 0.1) is 0 Å². The van der Waals surface area contributed by atoms with Gasteiger partial charge >= 0.3 is 12.1 Å². The molecule has 0 aromatic heterocycles. The van der Waals surface area contributed by atoms with Gasteiger partial charge in [-0.25, -0.2) is 4.79 Å². The van der Waals surface area contributed by atoms with Gasteiger partial charge in [0.1, 0.15) is 5.84 Å². The van der Waals surface area contributed by atoms with E-state index in [0.717, 1.165) is 12.3 Å². The maximum absolute atomic E-state index is 13.3. The molecule has 2 atom stereocenters. The molecule has 3 rings (SSSR count). The van der Waals surface area contributed by atoms with Crippen LogP contribution in [-0.4, -0.2) is 48.2 Å². The monoisotopic (exact) mass is 416 g/mol. The number of benzene rings is 1. The highest BCUT2D eigenvalue weighted by Crippen LogP contribution is 2.41. The van der Waals surface area contributed by atoms with Crippen molar-refractivity contribution in [1.29, 1.82) is 0 Å². The van der Waals surface area contributed by atoms with Crippen LogP contribution in [0.15, 0.2) is 46.1 Å². The molecule has 0 radical (unpaired) electrons. The number of carbonyl (C=O) groups is 1. The highest BCUT2D eigenvalue weighted by molar-refractivity contribution is 6.43. The first kappa shape index (κ1) is 20.1. The number of allylic oxidation sites excluding steroid dienone is 2. The van der Waals surface area contributed by atoms with Gasteiger partial charge in [0.25, 0.3) is 0 Å². The van der Waals surface area contributed by atoms with Crippen LogP contribution in [0.1, 0.15) is 18.0 Å². The number of halogens is 4. The lowest BCUT2D eigenvalue weighted by Crippen LogP contribution is -2.42. The van der Waals surface area contributed by atoms with Gasteiger partial charge in [-0.05, 0) is 23.8 Å². The van der Waals surface area contributed by atoms with Gasteiger partial charge in [-0.2, -0.15) is 13.2 Å². The number of aliphatic carboxylic acids is 1. The number of nitrogens with zero attached hydrogens (tertiary/aromatic N) is 2. The molecule has 10 heteroatoms. The fraction of sp³-hybridized carbons (Fsp3) is 0.333. The summed E-state index contributed by atoms with van der Waals surface area (Å²) in [6.45, 7) is 0. The third-order valence-electron chi connectivity index (χ3n) is 4.48. The number of hydrogen-bond donors (Lipinski definition) is 1. The highest BCUT2D eigenvalue weighted by Gasteiger charge is 2.41. The number of hydrogen-bond acceptors (Lipinski definition) is 5. The normalized spacial score (nSPS) is 21.9. The number of amidine groups is 1. The van der Waals surface area contributed by atoms with Crippen molar-refractivity contribution in [2.45, 2.75) is 24.7 Å². The Hall–Kier alpha value is -2.68. The van der Waals surface area contributed by atoms with E-state index in [4.69, 9.17) is 21.1 Å². The molecule has 6 nitrogen and oxygen atoms in total. The summed E-state index contributed by atoms with van der Waals surface area (Å²) in [7, 11) is 2.88. The lowest BCUT2D eigenvalue weighted by Gasteiger charge is -2.39. The standard InChI is InChI=1S/C18H16ClF3N2O4/c1-27-14-4-3-9(5-15(14)28-2)13-7-12(17(25)26)23-16-11(19)6-10(8-24(13)16)18(20,21)22/h3-6,8,12-13H,7H2,1-2H3,(H,25,26). The third kappa shape index (κ3) is 3.66. The molecule has 0 saturated heterocycles. The molecule has 0 aliphatic carbocycles. The van der Waals surface area contributed by atoms with Crippen LogP contribution >= 0.6 is 11.6 Å². The molecule has 0 bridgehead atoms. The van der Waals surface area contributed by atoms with E-state index in [-0.39, 0.29) is 17.3 Å². The molecule has 1 aromatic rings. The molecule has 0 fully saturated rings. The molecule has 0 amide bonds.